The van der Waals surface area contributed by atoms with Crippen molar-refractivity contribution in [3.05, 3.63) is 22.6 Å². The Morgan fingerprint density at radius 1 is 1.59 bits per heavy atom. The van der Waals surface area contributed by atoms with Crippen LogP contribution in [0.4, 0.5) is 5.82 Å². The number of nitrogens with zero attached hydrogens (tertiary/aromatic N) is 3. The van der Waals surface area contributed by atoms with Gasteiger partial charge in [-0.25, -0.2) is 9.89 Å². The lowest BCUT2D eigenvalue weighted by atomic mass is 9.99. The van der Waals surface area contributed by atoms with Crippen molar-refractivity contribution in [2.24, 2.45) is 5.73 Å². The molecule has 7 nitrogen and oxygen atoms in total. The smallest absolute Gasteiger partial charge is 0.362 e. The van der Waals surface area contributed by atoms with Crippen LogP contribution in [0.15, 0.2) is 16.9 Å². The highest BCUT2D eigenvalue weighted by molar-refractivity contribution is 5.44. The highest BCUT2D eigenvalue weighted by Crippen LogP contribution is 2.15. The molecule has 2 heterocycles. The van der Waals surface area contributed by atoms with Gasteiger partial charge in [-0.05, 0) is 25.5 Å². The molecule has 0 bridgehead atoms. The lowest BCUT2D eigenvalue weighted by Crippen LogP contribution is -2.42. The van der Waals surface area contributed by atoms with Crippen molar-refractivity contribution in [3.63, 3.8) is 0 Å². The van der Waals surface area contributed by atoms with Crippen molar-refractivity contribution in [1.82, 2.24) is 19.8 Å². The van der Waals surface area contributed by atoms with E-state index in [1.165, 1.54) is 4.52 Å². The number of rotatable bonds is 4. The number of nitrogens with one attached hydrogen (secondary N) is 2. The highest BCUT2D eigenvalue weighted by atomic mass is 16.2. The summed E-state index contributed by atoms with van der Waals surface area (Å²) in [7, 11) is 0. The van der Waals surface area contributed by atoms with E-state index in [2.05, 4.69) is 20.6 Å². The van der Waals surface area contributed by atoms with Crippen LogP contribution in [-0.4, -0.2) is 31.9 Å². The number of hydrogen-bond donors (Lipinski definition) is 3. The second kappa shape index (κ2) is 4.17. The Kier molecular flexibility index (Phi) is 2.84. The van der Waals surface area contributed by atoms with Crippen LogP contribution in [0.3, 0.4) is 0 Å². The molecule has 92 valence electrons. The molecule has 0 fully saturated rings. The molecule has 17 heavy (non-hydrogen) atoms. The van der Waals surface area contributed by atoms with Crippen molar-refractivity contribution < 1.29 is 0 Å². The van der Waals surface area contributed by atoms with Crippen molar-refractivity contribution in [2.45, 2.75) is 25.8 Å². The second-order valence-corrected chi connectivity index (χ2v) is 4.26. The fourth-order valence-electron chi connectivity index (χ4n) is 1.46. The minimum absolute atomic E-state index is 0.228. The Morgan fingerprint density at radius 2 is 2.35 bits per heavy atom. The van der Waals surface area contributed by atoms with Crippen LogP contribution in [0, 0.1) is 0 Å². The van der Waals surface area contributed by atoms with E-state index in [1.807, 2.05) is 13.8 Å². The summed E-state index contributed by atoms with van der Waals surface area (Å²) in [6.07, 6.45) is 0.865. The summed E-state index contributed by atoms with van der Waals surface area (Å²) >= 11 is 0. The molecule has 2 aromatic heterocycles. The van der Waals surface area contributed by atoms with E-state index in [1.54, 1.807) is 12.1 Å². The van der Waals surface area contributed by atoms with Gasteiger partial charge in [0.2, 0.25) is 0 Å². The van der Waals surface area contributed by atoms with Gasteiger partial charge in [0.05, 0.1) is 0 Å². The van der Waals surface area contributed by atoms with Crippen LogP contribution in [0.5, 0.6) is 0 Å². The summed E-state index contributed by atoms with van der Waals surface area (Å²) < 4.78 is 1.22. The van der Waals surface area contributed by atoms with Crippen LogP contribution >= 0.6 is 0 Å². The van der Waals surface area contributed by atoms with Gasteiger partial charge in [0.15, 0.2) is 5.65 Å². The fraction of sp³-hybridized carbons (Fsp3) is 0.500. The zero-order valence-corrected chi connectivity index (χ0v) is 9.90. The van der Waals surface area contributed by atoms with Gasteiger partial charge >= 0.3 is 5.69 Å². The molecule has 2 aromatic rings. The Hall–Kier alpha value is -1.89. The molecule has 1 atom stereocenters. The molecule has 7 heteroatoms. The maximum Gasteiger partial charge on any atom is 0.364 e. The van der Waals surface area contributed by atoms with Gasteiger partial charge in [-0.3, -0.25) is 0 Å². The van der Waals surface area contributed by atoms with Gasteiger partial charge in [-0.1, -0.05) is 6.92 Å². The number of aromatic amines is 1. The van der Waals surface area contributed by atoms with E-state index in [9.17, 15) is 4.79 Å². The summed E-state index contributed by atoms with van der Waals surface area (Å²) in [5, 5.41) is 13.5. The summed E-state index contributed by atoms with van der Waals surface area (Å²) in [5.41, 5.74) is 5.62. The van der Waals surface area contributed by atoms with E-state index in [4.69, 9.17) is 5.73 Å². The third-order valence-corrected chi connectivity index (χ3v) is 2.93. The predicted octanol–water partition coefficient (Wildman–Crippen LogP) is -0.0431. The third kappa shape index (κ3) is 2.14. The molecule has 1 unspecified atom stereocenters. The van der Waals surface area contributed by atoms with Gasteiger partial charge in [0.25, 0.3) is 0 Å². The summed E-state index contributed by atoms with van der Waals surface area (Å²) in [4.78, 5) is 11.4. The van der Waals surface area contributed by atoms with Crippen LogP contribution in [0.1, 0.15) is 20.3 Å². The maximum absolute atomic E-state index is 11.4. The Balaban J connectivity index is 2.36. The van der Waals surface area contributed by atoms with Crippen LogP contribution < -0.4 is 16.7 Å². The first kappa shape index (κ1) is 11.6. The number of H-pyrrole nitrogens is 1. The summed E-state index contributed by atoms with van der Waals surface area (Å²) in [5.74, 6) is 0.607. The van der Waals surface area contributed by atoms with Crippen LogP contribution in [0.2, 0.25) is 0 Å². The molecule has 0 aliphatic rings. The monoisotopic (exact) mass is 236 g/mol. The first-order valence-electron chi connectivity index (χ1n) is 5.51. The Labute approximate surface area is 98.0 Å². The predicted molar refractivity (Wildman–Crippen MR) is 65.0 cm³/mol. The standard InChI is InChI=1S/C10H16N6O/c1-3-10(2,6-11)12-7-4-5-8-13-14-9(17)16(8)15-7/h4-5H,3,6,11H2,1-2H3,(H,12,15)(H,14,17). The lowest BCUT2D eigenvalue weighted by molar-refractivity contribution is 0.503. The average Bonchev–Trinajstić information content (AvgIpc) is 2.71. The molecule has 4 N–H and O–H groups in total. The summed E-state index contributed by atoms with van der Waals surface area (Å²) in [6.45, 7) is 4.54. The molecule has 0 radical (unpaired) electrons. The molecule has 0 saturated heterocycles. The molecular weight excluding hydrogens is 220 g/mol. The summed E-state index contributed by atoms with van der Waals surface area (Å²) in [6, 6.07) is 3.50. The molecule has 2 rings (SSSR count). The number of anilines is 1. The first-order valence-corrected chi connectivity index (χ1v) is 5.51. The lowest BCUT2D eigenvalue weighted by Gasteiger charge is -2.28. The van der Waals surface area contributed by atoms with Crippen molar-refractivity contribution in [2.75, 3.05) is 11.9 Å². The molecular formula is C10H16N6O. The molecule has 0 spiro atoms. The van der Waals surface area contributed by atoms with Gasteiger partial charge in [0, 0.05) is 12.1 Å². The van der Waals surface area contributed by atoms with Crippen molar-refractivity contribution in [3.8, 4) is 0 Å². The van der Waals surface area contributed by atoms with Crippen LogP contribution in [0.25, 0.3) is 5.65 Å². The van der Waals surface area contributed by atoms with Crippen molar-refractivity contribution >= 4 is 11.5 Å². The average molecular weight is 236 g/mol. The zero-order chi connectivity index (χ0) is 12.5. The van der Waals surface area contributed by atoms with E-state index in [-0.39, 0.29) is 11.2 Å². The number of fused-ring (bicyclic) bond motifs is 1. The number of aromatic nitrogens is 4. The van der Waals surface area contributed by atoms with Crippen molar-refractivity contribution in [1.29, 1.82) is 0 Å². The molecule has 0 saturated carbocycles. The first-order chi connectivity index (χ1) is 8.08. The van der Waals surface area contributed by atoms with E-state index < -0.39 is 0 Å². The topological polar surface area (TPSA) is 101 Å². The Bertz CT molecular complexity index is 567. The van der Waals surface area contributed by atoms with Gasteiger partial charge in [-0.15, -0.1) is 5.10 Å². The highest BCUT2D eigenvalue weighted by Gasteiger charge is 2.20. The third-order valence-electron chi connectivity index (χ3n) is 2.93. The minimum atomic E-state index is -0.352. The molecule has 0 aromatic carbocycles. The number of nitrogens with two attached hydrogens (primary N) is 1. The molecule has 0 aliphatic heterocycles. The van der Waals surface area contributed by atoms with Gasteiger partial charge in [-0.2, -0.15) is 9.61 Å². The maximum atomic E-state index is 11.4. The molecule has 0 aliphatic carbocycles. The Morgan fingerprint density at radius 3 is 3.00 bits per heavy atom. The van der Waals surface area contributed by atoms with E-state index in [0.29, 0.717) is 18.0 Å². The number of hydrogen-bond acceptors (Lipinski definition) is 5. The fourth-order valence-corrected chi connectivity index (χ4v) is 1.46. The SMILES string of the molecule is CCC(C)(CN)Nc1ccc2n[nH]c(=O)n2n1. The van der Waals surface area contributed by atoms with Gasteiger partial charge < -0.3 is 11.1 Å². The molecule has 0 amide bonds. The van der Waals surface area contributed by atoms with Gasteiger partial charge in [0.1, 0.15) is 5.82 Å². The quantitative estimate of drug-likeness (QED) is 0.691. The largest absolute Gasteiger partial charge is 0.364 e. The van der Waals surface area contributed by atoms with Crippen LogP contribution in [-0.2, 0) is 0 Å². The van der Waals surface area contributed by atoms with E-state index >= 15 is 0 Å². The van der Waals surface area contributed by atoms with E-state index in [0.717, 1.165) is 6.42 Å². The minimum Gasteiger partial charge on any atom is -0.362 e. The normalized spacial score (nSPS) is 14.8. The zero-order valence-electron chi connectivity index (χ0n) is 9.90. The second-order valence-electron chi connectivity index (χ2n) is 4.26.